The third-order valence-electron chi connectivity index (χ3n) is 4.87. The van der Waals surface area contributed by atoms with Crippen LogP contribution in [0.3, 0.4) is 0 Å². The van der Waals surface area contributed by atoms with Crippen LogP contribution >= 0.6 is 0 Å². The molecule has 2 fully saturated rings. The molecule has 2 heterocycles. The van der Waals surface area contributed by atoms with Crippen molar-refractivity contribution in [2.75, 3.05) is 6.61 Å². The Morgan fingerprint density at radius 3 is 2.80 bits per heavy atom. The average Bonchev–Trinajstić information content (AvgIpc) is 3.35. The number of nitrogens with zero attached hydrogens (tertiary/aromatic N) is 3. The molecule has 2 aromatic rings. The monoisotopic (exact) mass is 341 g/mol. The largest absolute Gasteiger partial charge is 0.378 e. The fourth-order valence-electron chi connectivity index (χ4n) is 3.28. The van der Waals surface area contributed by atoms with Crippen LogP contribution in [-0.4, -0.2) is 39.5 Å². The lowest BCUT2D eigenvalue weighted by molar-refractivity contribution is -0.00914. The molecule has 4 rings (SSSR count). The van der Waals surface area contributed by atoms with E-state index in [4.69, 9.17) is 4.74 Å². The van der Waals surface area contributed by atoms with E-state index in [1.165, 1.54) is 19.2 Å². The summed E-state index contributed by atoms with van der Waals surface area (Å²) in [5.41, 5.74) is 1.99. The second-order valence-corrected chi connectivity index (χ2v) is 6.80. The molecule has 1 saturated carbocycles. The van der Waals surface area contributed by atoms with Gasteiger partial charge in [-0.1, -0.05) is 12.1 Å². The van der Waals surface area contributed by atoms with Gasteiger partial charge in [0, 0.05) is 19.2 Å². The summed E-state index contributed by atoms with van der Waals surface area (Å²) in [7, 11) is 0. The molecule has 1 aromatic heterocycles. The van der Waals surface area contributed by atoms with Crippen molar-refractivity contribution < 1.29 is 9.53 Å². The maximum absolute atomic E-state index is 12.1. The van der Waals surface area contributed by atoms with Gasteiger partial charge in [0.1, 0.15) is 12.7 Å². The zero-order valence-corrected chi connectivity index (χ0v) is 14.1. The summed E-state index contributed by atoms with van der Waals surface area (Å²) in [6, 6.07) is 7.99. The number of amides is 2. The van der Waals surface area contributed by atoms with Gasteiger partial charge in [0.2, 0.25) is 0 Å². The molecular weight excluding hydrogens is 318 g/mol. The Morgan fingerprint density at radius 1 is 1.24 bits per heavy atom. The summed E-state index contributed by atoms with van der Waals surface area (Å²) in [5, 5.41) is 10.1. The number of hydrogen-bond acceptors (Lipinski definition) is 4. The first-order valence-electron chi connectivity index (χ1n) is 8.88. The van der Waals surface area contributed by atoms with Crippen LogP contribution in [-0.2, 0) is 11.3 Å². The Balaban J connectivity index is 1.24. The first-order valence-corrected chi connectivity index (χ1v) is 8.88. The number of urea groups is 1. The lowest BCUT2D eigenvalue weighted by Crippen LogP contribution is -2.46. The Hall–Kier alpha value is -2.41. The second kappa shape index (κ2) is 7.23. The van der Waals surface area contributed by atoms with E-state index < -0.39 is 0 Å². The predicted molar refractivity (Wildman–Crippen MR) is 92.2 cm³/mol. The zero-order chi connectivity index (χ0) is 17.1. The molecule has 1 aromatic carbocycles. The summed E-state index contributed by atoms with van der Waals surface area (Å²) < 4.78 is 7.50. The van der Waals surface area contributed by atoms with E-state index >= 15 is 0 Å². The number of nitrogens with one attached hydrogen (secondary N) is 2. The standard InChI is InChI=1S/C18H23N5O2/c24-18(22-15-7-8-25-17(9-15)14-3-4-14)20-10-13-1-5-16(6-2-13)23-12-19-11-21-23/h1-2,5-6,11-12,14-15,17H,3-4,7-10H2,(H2,20,22,24)/t15-,17+/m1/s1. The van der Waals surface area contributed by atoms with E-state index in [0.717, 1.165) is 36.6 Å². The molecule has 0 radical (unpaired) electrons. The smallest absolute Gasteiger partial charge is 0.315 e. The SMILES string of the molecule is O=C(NCc1ccc(-n2cncn2)cc1)N[C@@H]1CCO[C@H](C2CC2)C1. The van der Waals surface area contributed by atoms with Gasteiger partial charge in [0.25, 0.3) is 0 Å². The molecule has 25 heavy (non-hydrogen) atoms. The van der Waals surface area contributed by atoms with E-state index in [1.54, 1.807) is 11.0 Å². The van der Waals surface area contributed by atoms with Crippen LogP contribution in [0.5, 0.6) is 0 Å². The van der Waals surface area contributed by atoms with Crippen molar-refractivity contribution in [2.24, 2.45) is 5.92 Å². The molecular formula is C18H23N5O2. The van der Waals surface area contributed by atoms with Crippen molar-refractivity contribution >= 4 is 6.03 Å². The number of aromatic nitrogens is 3. The maximum atomic E-state index is 12.1. The number of rotatable bonds is 5. The second-order valence-electron chi connectivity index (χ2n) is 6.80. The van der Waals surface area contributed by atoms with Crippen molar-refractivity contribution in [1.29, 1.82) is 0 Å². The van der Waals surface area contributed by atoms with Crippen molar-refractivity contribution in [3.63, 3.8) is 0 Å². The summed E-state index contributed by atoms with van der Waals surface area (Å²) in [4.78, 5) is 16.1. The van der Waals surface area contributed by atoms with E-state index in [9.17, 15) is 4.79 Å². The van der Waals surface area contributed by atoms with Gasteiger partial charge < -0.3 is 15.4 Å². The van der Waals surface area contributed by atoms with Crippen molar-refractivity contribution in [3.05, 3.63) is 42.5 Å². The average molecular weight is 341 g/mol. The molecule has 2 aliphatic rings. The maximum Gasteiger partial charge on any atom is 0.315 e. The van der Waals surface area contributed by atoms with Gasteiger partial charge in [-0.15, -0.1) is 0 Å². The van der Waals surface area contributed by atoms with Crippen LogP contribution in [0.15, 0.2) is 36.9 Å². The Labute approximate surface area is 146 Å². The normalized spacial score (nSPS) is 23.2. The van der Waals surface area contributed by atoms with Crippen molar-refractivity contribution in [2.45, 2.75) is 44.4 Å². The van der Waals surface area contributed by atoms with Crippen LogP contribution in [0.1, 0.15) is 31.2 Å². The van der Waals surface area contributed by atoms with Gasteiger partial charge >= 0.3 is 6.03 Å². The molecule has 1 aliphatic carbocycles. The van der Waals surface area contributed by atoms with Gasteiger partial charge in [0.15, 0.2) is 0 Å². The Bertz CT molecular complexity index is 697. The first kappa shape index (κ1) is 16.1. The highest BCUT2D eigenvalue weighted by atomic mass is 16.5. The molecule has 0 bridgehead atoms. The minimum atomic E-state index is -0.109. The van der Waals surface area contributed by atoms with Crippen molar-refractivity contribution in [3.8, 4) is 5.69 Å². The minimum absolute atomic E-state index is 0.109. The highest BCUT2D eigenvalue weighted by Crippen LogP contribution is 2.38. The molecule has 2 amide bonds. The van der Waals surface area contributed by atoms with E-state index in [-0.39, 0.29) is 12.1 Å². The zero-order valence-electron chi connectivity index (χ0n) is 14.1. The number of ether oxygens (including phenoxy) is 1. The molecule has 1 aliphatic heterocycles. The lowest BCUT2D eigenvalue weighted by atomic mass is 10.0. The number of benzene rings is 1. The highest BCUT2D eigenvalue weighted by Gasteiger charge is 2.36. The van der Waals surface area contributed by atoms with Gasteiger partial charge in [-0.25, -0.2) is 14.5 Å². The van der Waals surface area contributed by atoms with Crippen LogP contribution in [0.4, 0.5) is 4.79 Å². The minimum Gasteiger partial charge on any atom is -0.378 e. The third-order valence-corrected chi connectivity index (χ3v) is 4.87. The van der Waals surface area contributed by atoms with Crippen LogP contribution < -0.4 is 10.6 Å². The Kier molecular flexibility index (Phi) is 4.65. The molecule has 2 atom stereocenters. The first-order chi connectivity index (χ1) is 12.3. The van der Waals surface area contributed by atoms with Crippen molar-refractivity contribution in [1.82, 2.24) is 25.4 Å². The van der Waals surface area contributed by atoms with Gasteiger partial charge in [-0.05, 0) is 49.3 Å². The van der Waals surface area contributed by atoms with E-state index in [1.807, 2.05) is 24.3 Å². The summed E-state index contributed by atoms with van der Waals surface area (Å²) in [6.07, 6.45) is 7.87. The van der Waals surface area contributed by atoms with Gasteiger partial charge in [0.05, 0.1) is 11.8 Å². The molecule has 1 saturated heterocycles. The highest BCUT2D eigenvalue weighted by molar-refractivity contribution is 5.74. The number of carbonyl (C=O) groups is 1. The fourth-order valence-corrected chi connectivity index (χ4v) is 3.28. The third kappa shape index (κ3) is 4.17. The van der Waals surface area contributed by atoms with E-state index in [2.05, 4.69) is 20.7 Å². The fraction of sp³-hybridized carbons (Fsp3) is 0.500. The molecule has 0 spiro atoms. The predicted octanol–water partition coefficient (Wildman–Crippen LogP) is 2.02. The summed E-state index contributed by atoms with van der Waals surface area (Å²) >= 11 is 0. The molecule has 2 N–H and O–H groups in total. The lowest BCUT2D eigenvalue weighted by Gasteiger charge is -2.30. The van der Waals surface area contributed by atoms with Crippen LogP contribution in [0, 0.1) is 5.92 Å². The van der Waals surface area contributed by atoms with Crippen LogP contribution in [0.2, 0.25) is 0 Å². The van der Waals surface area contributed by atoms with E-state index in [0.29, 0.717) is 12.6 Å². The quantitative estimate of drug-likeness (QED) is 0.872. The number of hydrogen-bond donors (Lipinski definition) is 2. The Morgan fingerprint density at radius 2 is 2.08 bits per heavy atom. The molecule has 7 heteroatoms. The number of carbonyl (C=O) groups excluding carboxylic acids is 1. The van der Waals surface area contributed by atoms with Gasteiger partial charge in [-0.3, -0.25) is 0 Å². The molecule has 7 nitrogen and oxygen atoms in total. The van der Waals surface area contributed by atoms with Crippen LogP contribution in [0.25, 0.3) is 5.69 Å². The summed E-state index contributed by atoms with van der Waals surface area (Å²) in [6.45, 7) is 1.24. The molecule has 132 valence electrons. The molecule has 0 unspecified atom stereocenters. The topological polar surface area (TPSA) is 81.1 Å². The summed E-state index contributed by atoms with van der Waals surface area (Å²) in [5.74, 6) is 0.719. The van der Waals surface area contributed by atoms with Gasteiger partial charge in [-0.2, -0.15) is 5.10 Å².